The number of halogens is 1. The Kier molecular flexibility index (Phi) is 4.99. The van der Waals surface area contributed by atoms with Crippen molar-refractivity contribution in [1.29, 1.82) is 0 Å². The summed E-state index contributed by atoms with van der Waals surface area (Å²) in [4.78, 5) is 2.23. The third-order valence-corrected chi connectivity index (χ3v) is 3.62. The molecule has 0 fully saturated rings. The lowest BCUT2D eigenvalue weighted by Crippen LogP contribution is -2.46. The van der Waals surface area contributed by atoms with Crippen LogP contribution in [0, 0.1) is 6.92 Å². The summed E-state index contributed by atoms with van der Waals surface area (Å²) in [5, 5.41) is 4.30. The average molecular weight is 255 g/mol. The first-order valence-electron chi connectivity index (χ1n) is 5.96. The van der Waals surface area contributed by atoms with Crippen molar-refractivity contribution in [2.24, 2.45) is 0 Å². The molecule has 0 aliphatic heterocycles. The third kappa shape index (κ3) is 4.30. The van der Waals surface area contributed by atoms with Crippen LogP contribution in [0.4, 0.5) is 0 Å². The monoisotopic (exact) mass is 254 g/mol. The molecule has 2 nitrogen and oxygen atoms in total. The highest BCUT2D eigenvalue weighted by Crippen LogP contribution is 2.15. The summed E-state index contributed by atoms with van der Waals surface area (Å²) >= 11 is 5.94. The van der Waals surface area contributed by atoms with Gasteiger partial charge in [0.2, 0.25) is 0 Å². The lowest BCUT2D eigenvalue weighted by molar-refractivity contribution is 0.189. The fourth-order valence-corrected chi connectivity index (χ4v) is 1.75. The molecule has 1 N–H and O–H groups in total. The molecule has 0 amide bonds. The number of likely N-dealkylation sites (N-methyl/N-ethyl adjacent to an activating group) is 1. The predicted molar refractivity (Wildman–Crippen MR) is 75.7 cm³/mol. The highest BCUT2D eigenvalue weighted by molar-refractivity contribution is 6.30. The van der Waals surface area contributed by atoms with Crippen LogP contribution in [0.5, 0.6) is 0 Å². The van der Waals surface area contributed by atoms with Crippen molar-refractivity contribution in [2.45, 2.75) is 32.9 Å². The molecule has 0 atom stereocenters. The van der Waals surface area contributed by atoms with E-state index in [-0.39, 0.29) is 5.54 Å². The second kappa shape index (κ2) is 5.85. The van der Waals surface area contributed by atoms with Gasteiger partial charge in [-0.3, -0.25) is 0 Å². The number of rotatable bonds is 5. The minimum absolute atomic E-state index is 0.167. The van der Waals surface area contributed by atoms with E-state index in [0.29, 0.717) is 0 Å². The molecule has 0 bridgehead atoms. The van der Waals surface area contributed by atoms with Gasteiger partial charge in [0.25, 0.3) is 0 Å². The maximum atomic E-state index is 5.94. The predicted octanol–water partition coefficient (Wildman–Crippen LogP) is 3.08. The largest absolute Gasteiger partial charge is 0.311 e. The lowest BCUT2D eigenvalue weighted by Gasteiger charge is -2.32. The Bertz CT molecular complexity index is 372. The van der Waals surface area contributed by atoms with Crippen LogP contribution < -0.4 is 5.32 Å². The Morgan fingerprint density at radius 3 is 2.47 bits per heavy atom. The first-order chi connectivity index (χ1) is 7.83. The lowest BCUT2D eigenvalue weighted by atomic mass is 10.0. The summed E-state index contributed by atoms with van der Waals surface area (Å²) in [7, 11) is 4.21. The van der Waals surface area contributed by atoms with Crippen molar-refractivity contribution in [3.05, 3.63) is 34.3 Å². The van der Waals surface area contributed by atoms with Gasteiger partial charge in [-0.1, -0.05) is 17.7 Å². The molecule has 96 valence electrons. The summed E-state index contributed by atoms with van der Waals surface area (Å²) in [6.45, 7) is 8.41. The van der Waals surface area contributed by atoms with E-state index >= 15 is 0 Å². The highest BCUT2D eigenvalue weighted by atomic mass is 35.5. The van der Waals surface area contributed by atoms with Gasteiger partial charge < -0.3 is 10.2 Å². The summed E-state index contributed by atoms with van der Waals surface area (Å²) < 4.78 is 0. The van der Waals surface area contributed by atoms with Gasteiger partial charge in [-0.15, -0.1) is 0 Å². The maximum Gasteiger partial charge on any atom is 0.0408 e. The minimum Gasteiger partial charge on any atom is -0.311 e. The zero-order chi connectivity index (χ0) is 13.1. The van der Waals surface area contributed by atoms with Crippen LogP contribution in [-0.4, -0.2) is 31.1 Å². The second-order valence-electron chi connectivity index (χ2n) is 5.38. The Morgan fingerprint density at radius 2 is 1.94 bits per heavy atom. The molecule has 0 unspecified atom stereocenters. The highest BCUT2D eigenvalue weighted by Gasteiger charge is 2.19. The van der Waals surface area contributed by atoms with Crippen LogP contribution in [-0.2, 0) is 6.54 Å². The maximum absolute atomic E-state index is 5.94. The molecule has 0 aliphatic carbocycles. The van der Waals surface area contributed by atoms with Crippen molar-refractivity contribution in [3.8, 4) is 0 Å². The van der Waals surface area contributed by atoms with Gasteiger partial charge in [0.15, 0.2) is 0 Å². The van der Waals surface area contributed by atoms with E-state index in [1.54, 1.807) is 0 Å². The molecule has 0 spiro atoms. The van der Waals surface area contributed by atoms with Crippen molar-refractivity contribution >= 4 is 11.6 Å². The van der Waals surface area contributed by atoms with E-state index < -0.39 is 0 Å². The zero-order valence-electron chi connectivity index (χ0n) is 11.5. The van der Waals surface area contributed by atoms with Crippen LogP contribution in [0.3, 0.4) is 0 Å². The zero-order valence-corrected chi connectivity index (χ0v) is 12.2. The number of nitrogens with zero attached hydrogens (tertiary/aromatic N) is 1. The molecule has 0 aromatic heterocycles. The van der Waals surface area contributed by atoms with Crippen LogP contribution in [0.15, 0.2) is 18.2 Å². The van der Waals surface area contributed by atoms with Gasteiger partial charge >= 0.3 is 0 Å². The number of hydrogen-bond donors (Lipinski definition) is 1. The molecule has 1 rings (SSSR count). The number of aryl methyl sites for hydroxylation is 1. The fraction of sp³-hybridized carbons (Fsp3) is 0.571. The summed E-state index contributed by atoms with van der Waals surface area (Å²) in [6.07, 6.45) is 0. The van der Waals surface area contributed by atoms with Crippen LogP contribution in [0.1, 0.15) is 25.0 Å². The molecule has 1 aromatic carbocycles. The van der Waals surface area contributed by atoms with Gasteiger partial charge in [0.05, 0.1) is 0 Å². The molecular weight excluding hydrogens is 232 g/mol. The Balaban J connectivity index is 2.51. The van der Waals surface area contributed by atoms with Crippen molar-refractivity contribution in [1.82, 2.24) is 10.2 Å². The number of hydrogen-bond acceptors (Lipinski definition) is 2. The van der Waals surface area contributed by atoms with E-state index in [4.69, 9.17) is 11.6 Å². The van der Waals surface area contributed by atoms with Gasteiger partial charge in [-0.2, -0.15) is 0 Å². The molecule has 17 heavy (non-hydrogen) atoms. The van der Waals surface area contributed by atoms with E-state index in [9.17, 15) is 0 Å². The minimum atomic E-state index is 0.167. The van der Waals surface area contributed by atoms with E-state index in [1.807, 2.05) is 12.1 Å². The third-order valence-electron chi connectivity index (χ3n) is 3.39. The molecule has 1 aromatic rings. The Labute approximate surface area is 110 Å². The van der Waals surface area contributed by atoms with E-state index in [2.05, 4.69) is 51.1 Å². The second-order valence-corrected chi connectivity index (χ2v) is 5.82. The van der Waals surface area contributed by atoms with Crippen molar-refractivity contribution in [3.63, 3.8) is 0 Å². The SMILES string of the molecule is Cc1cc(Cl)ccc1CNCC(C)(C)N(C)C. The molecule has 0 radical (unpaired) electrons. The average Bonchev–Trinajstić information content (AvgIpc) is 2.21. The molecule has 3 heteroatoms. The normalized spacial score (nSPS) is 12.2. The first kappa shape index (κ1) is 14.5. The summed E-state index contributed by atoms with van der Waals surface area (Å²) in [5.41, 5.74) is 2.72. The van der Waals surface area contributed by atoms with Crippen molar-refractivity contribution < 1.29 is 0 Å². The molecule has 0 heterocycles. The number of benzene rings is 1. The topological polar surface area (TPSA) is 15.3 Å². The van der Waals surface area contributed by atoms with Crippen LogP contribution in [0.2, 0.25) is 5.02 Å². The Hall–Kier alpha value is -0.570. The quantitative estimate of drug-likeness (QED) is 0.869. The Morgan fingerprint density at radius 1 is 1.29 bits per heavy atom. The summed E-state index contributed by atoms with van der Waals surface area (Å²) in [6, 6.07) is 6.05. The van der Waals surface area contributed by atoms with Crippen LogP contribution >= 0.6 is 11.6 Å². The molecule has 0 aliphatic rings. The molecular formula is C14H23ClN2. The number of nitrogens with one attached hydrogen (secondary N) is 1. The van der Waals surface area contributed by atoms with Gasteiger partial charge in [0.1, 0.15) is 0 Å². The first-order valence-corrected chi connectivity index (χ1v) is 6.34. The molecule has 0 saturated heterocycles. The van der Waals surface area contributed by atoms with E-state index in [1.165, 1.54) is 11.1 Å². The van der Waals surface area contributed by atoms with Gasteiger partial charge in [-0.25, -0.2) is 0 Å². The van der Waals surface area contributed by atoms with Crippen molar-refractivity contribution in [2.75, 3.05) is 20.6 Å². The smallest absolute Gasteiger partial charge is 0.0408 e. The molecule has 0 saturated carbocycles. The summed E-state index contributed by atoms with van der Waals surface area (Å²) in [5.74, 6) is 0. The van der Waals surface area contributed by atoms with Crippen LogP contribution in [0.25, 0.3) is 0 Å². The fourth-order valence-electron chi connectivity index (χ4n) is 1.52. The van der Waals surface area contributed by atoms with Gasteiger partial charge in [-0.05, 0) is 58.1 Å². The van der Waals surface area contributed by atoms with Gasteiger partial charge in [0, 0.05) is 23.7 Å². The van der Waals surface area contributed by atoms with E-state index in [0.717, 1.165) is 18.1 Å². The standard InChI is InChI=1S/C14H23ClN2/c1-11-8-13(15)7-6-12(11)9-16-10-14(2,3)17(4)5/h6-8,16H,9-10H2,1-5H3.